The highest BCUT2D eigenvalue weighted by Gasteiger charge is 2.11. The summed E-state index contributed by atoms with van der Waals surface area (Å²) in [4.78, 5) is 17.1. The molecule has 0 spiro atoms. The van der Waals surface area contributed by atoms with Gasteiger partial charge in [-0.2, -0.15) is 0 Å². The standard InChI is InChI=1S/C12H9ClN2OS/c1-6-3-8(13)5-9-11(6)15-10(16)4-7(2)14-12(15)17-9/h3-5H,1-2H3. The van der Waals surface area contributed by atoms with Crippen LogP contribution in [0.4, 0.5) is 0 Å². The second-order valence-electron chi connectivity index (χ2n) is 4.03. The van der Waals surface area contributed by atoms with Gasteiger partial charge in [0.1, 0.15) is 0 Å². The number of nitrogens with zero attached hydrogens (tertiary/aromatic N) is 2. The molecule has 3 rings (SSSR count). The van der Waals surface area contributed by atoms with Crippen molar-refractivity contribution in [1.82, 2.24) is 9.38 Å². The Bertz CT molecular complexity index is 803. The van der Waals surface area contributed by atoms with E-state index in [-0.39, 0.29) is 5.56 Å². The normalized spacial score (nSPS) is 11.5. The highest BCUT2D eigenvalue weighted by Crippen LogP contribution is 2.29. The minimum absolute atomic E-state index is 0.0378. The summed E-state index contributed by atoms with van der Waals surface area (Å²) in [6, 6.07) is 5.29. The van der Waals surface area contributed by atoms with Crippen LogP contribution in [0.15, 0.2) is 23.0 Å². The lowest BCUT2D eigenvalue weighted by molar-refractivity contribution is 1.07. The molecule has 5 heteroatoms. The summed E-state index contributed by atoms with van der Waals surface area (Å²) < 4.78 is 2.64. The summed E-state index contributed by atoms with van der Waals surface area (Å²) in [6.07, 6.45) is 0. The van der Waals surface area contributed by atoms with Crippen LogP contribution in [0.25, 0.3) is 15.2 Å². The molecule has 0 saturated heterocycles. The first-order valence-corrected chi connectivity index (χ1v) is 6.35. The smallest absolute Gasteiger partial charge is 0.259 e. The predicted molar refractivity (Wildman–Crippen MR) is 71.3 cm³/mol. The summed E-state index contributed by atoms with van der Waals surface area (Å²) in [5, 5.41) is 0.686. The number of thiazole rings is 1. The van der Waals surface area contributed by atoms with Gasteiger partial charge in [0.25, 0.3) is 5.56 Å². The highest BCUT2D eigenvalue weighted by molar-refractivity contribution is 7.23. The van der Waals surface area contributed by atoms with Crippen LogP contribution in [-0.2, 0) is 0 Å². The summed E-state index contributed by atoms with van der Waals surface area (Å²) in [5.41, 5.74) is 2.60. The van der Waals surface area contributed by atoms with Crippen molar-refractivity contribution in [2.45, 2.75) is 13.8 Å². The number of benzene rings is 1. The fourth-order valence-corrected chi connectivity index (χ4v) is 3.54. The fourth-order valence-electron chi connectivity index (χ4n) is 2.01. The van der Waals surface area contributed by atoms with Crippen LogP contribution >= 0.6 is 22.9 Å². The molecule has 0 aliphatic carbocycles. The number of hydrogen-bond acceptors (Lipinski definition) is 3. The average molecular weight is 265 g/mol. The van der Waals surface area contributed by atoms with Crippen molar-refractivity contribution in [2.24, 2.45) is 0 Å². The molecule has 0 aliphatic rings. The summed E-state index contributed by atoms with van der Waals surface area (Å²) >= 11 is 7.51. The van der Waals surface area contributed by atoms with E-state index in [0.717, 1.165) is 26.4 Å². The van der Waals surface area contributed by atoms with Crippen LogP contribution in [0.2, 0.25) is 5.02 Å². The third kappa shape index (κ3) is 1.56. The van der Waals surface area contributed by atoms with Gasteiger partial charge in [0.2, 0.25) is 0 Å². The van der Waals surface area contributed by atoms with Gasteiger partial charge < -0.3 is 0 Å². The van der Waals surface area contributed by atoms with Crippen LogP contribution in [0.5, 0.6) is 0 Å². The number of aryl methyl sites for hydroxylation is 2. The first-order valence-electron chi connectivity index (χ1n) is 5.15. The van der Waals surface area contributed by atoms with Gasteiger partial charge >= 0.3 is 0 Å². The van der Waals surface area contributed by atoms with Crippen molar-refractivity contribution in [3.8, 4) is 0 Å². The van der Waals surface area contributed by atoms with Gasteiger partial charge in [0.05, 0.1) is 10.2 Å². The number of rotatable bonds is 0. The van der Waals surface area contributed by atoms with E-state index >= 15 is 0 Å². The average Bonchev–Trinajstić information content (AvgIpc) is 2.55. The van der Waals surface area contributed by atoms with Crippen molar-refractivity contribution in [1.29, 1.82) is 0 Å². The third-order valence-electron chi connectivity index (χ3n) is 2.67. The highest BCUT2D eigenvalue weighted by atomic mass is 35.5. The number of hydrogen-bond donors (Lipinski definition) is 0. The van der Waals surface area contributed by atoms with Gasteiger partial charge in [-0.1, -0.05) is 22.9 Å². The van der Waals surface area contributed by atoms with Crippen LogP contribution in [0, 0.1) is 13.8 Å². The second-order valence-corrected chi connectivity index (χ2v) is 5.47. The fraction of sp³-hybridized carbons (Fsp3) is 0.167. The molecular formula is C12H9ClN2OS. The monoisotopic (exact) mass is 264 g/mol. The van der Waals surface area contributed by atoms with Crippen LogP contribution in [0.1, 0.15) is 11.3 Å². The molecule has 3 aromatic rings. The maximum Gasteiger partial charge on any atom is 0.259 e. The second kappa shape index (κ2) is 3.55. The van der Waals surface area contributed by atoms with Gasteiger partial charge in [-0.15, -0.1) is 0 Å². The third-order valence-corrected chi connectivity index (χ3v) is 3.88. The molecule has 17 heavy (non-hydrogen) atoms. The Labute approximate surface area is 106 Å². The number of fused-ring (bicyclic) bond motifs is 3. The Morgan fingerprint density at radius 1 is 1.29 bits per heavy atom. The summed E-state index contributed by atoms with van der Waals surface area (Å²) in [6.45, 7) is 3.78. The SMILES string of the molecule is Cc1cc(=O)n2c(n1)sc1cc(Cl)cc(C)c12. The Hall–Kier alpha value is -1.39. The Morgan fingerprint density at radius 3 is 2.82 bits per heavy atom. The van der Waals surface area contributed by atoms with Crippen LogP contribution in [0.3, 0.4) is 0 Å². The van der Waals surface area contributed by atoms with Crippen LogP contribution < -0.4 is 5.56 Å². The molecule has 0 unspecified atom stereocenters. The van der Waals surface area contributed by atoms with Gasteiger partial charge in [-0.05, 0) is 31.5 Å². The molecular weight excluding hydrogens is 256 g/mol. The maximum absolute atomic E-state index is 12.0. The van der Waals surface area contributed by atoms with Crippen LogP contribution in [-0.4, -0.2) is 9.38 Å². The van der Waals surface area contributed by atoms with E-state index in [2.05, 4.69) is 4.98 Å². The van der Waals surface area contributed by atoms with E-state index in [0.29, 0.717) is 5.02 Å². The van der Waals surface area contributed by atoms with Crippen molar-refractivity contribution in [2.75, 3.05) is 0 Å². The molecule has 1 aromatic carbocycles. The first-order chi connectivity index (χ1) is 8.06. The largest absolute Gasteiger partial charge is 0.269 e. The maximum atomic E-state index is 12.0. The van der Waals surface area contributed by atoms with Crippen molar-refractivity contribution in [3.05, 3.63) is 44.8 Å². The minimum atomic E-state index is -0.0378. The van der Waals surface area contributed by atoms with Gasteiger partial charge in [-0.3, -0.25) is 9.20 Å². The topological polar surface area (TPSA) is 34.4 Å². The van der Waals surface area contributed by atoms with Crippen molar-refractivity contribution in [3.63, 3.8) is 0 Å². The molecule has 0 amide bonds. The number of halogens is 1. The molecule has 0 saturated carbocycles. The van der Waals surface area contributed by atoms with E-state index in [9.17, 15) is 4.79 Å². The quantitative estimate of drug-likeness (QED) is 0.625. The van der Waals surface area contributed by atoms with Crippen molar-refractivity contribution < 1.29 is 0 Å². The van der Waals surface area contributed by atoms with Gasteiger partial charge in [-0.25, -0.2) is 4.98 Å². The lowest BCUT2D eigenvalue weighted by atomic mass is 10.2. The summed E-state index contributed by atoms with van der Waals surface area (Å²) in [5.74, 6) is 0. The number of aromatic nitrogens is 2. The zero-order valence-electron chi connectivity index (χ0n) is 9.32. The Kier molecular flexibility index (Phi) is 2.24. The zero-order chi connectivity index (χ0) is 12.2. The molecule has 0 N–H and O–H groups in total. The predicted octanol–water partition coefficient (Wildman–Crippen LogP) is 3.18. The van der Waals surface area contributed by atoms with E-state index in [1.54, 1.807) is 10.5 Å². The van der Waals surface area contributed by atoms with E-state index in [1.165, 1.54) is 11.3 Å². The van der Waals surface area contributed by atoms with Gasteiger partial charge in [0.15, 0.2) is 4.96 Å². The lowest BCUT2D eigenvalue weighted by Gasteiger charge is -1.99. The Balaban J connectivity index is 2.65. The Morgan fingerprint density at radius 2 is 2.06 bits per heavy atom. The molecule has 0 atom stereocenters. The molecule has 2 aromatic heterocycles. The zero-order valence-corrected chi connectivity index (χ0v) is 10.9. The van der Waals surface area contributed by atoms with E-state index < -0.39 is 0 Å². The lowest BCUT2D eigenvalue weighted by Crippen LogP contribution is -2.12. The van der Waals surface area contributed by atoms with E-state index in [1.807, 2.05) is 26.0 Å². The molecule has 0 radical (unpaired) electrons. The van der Waals surface area contributed by atoms with E-state index in [4.69, 9.17) is 11.6 Å². The van der Waals surface area contributed by atoms with Crippen molar-refractivity contribution >= 4 is 38.1 Å². The first kappa shape index (κ1) is 10.7. The molecule has 2 heterocycles. The molecule has 0 aliphatic heterocycles. The molecule has 86 valence electrons. The molecule has 3 nitrogen and oxygen atoms in total. The van der Waals surface area contributed by atoms with Gasteiger partial charge in [0, 0.05) is 16.8 Å². The summed E-state index contributed by atoms with van der Waals surface area (Å²) in [7, 11) is 0. The molecule has 0 bridgehead atoms. The minimum Gasteiger partial charge on any atom is -0.269 e. The molecule has 0 fully saturated rings.